The van der Waals surface area contributed by atoms with Crippen LogP contribution in [0.1, 0.15) is 26.3 Å². The number of hydrogen-bond donors (Lipinski definition) is 2. The molecule has 0 unspecified atom stereocenters. The minimum atomic E-state index is -3.76. The van der Waals surface area contributed by atoms with Gasteiger partial charge in [-0.05, 0) is 80.4 Å². The SMILES string of the molecule is O=C1[C@@H](N2CC3(CCNCC3)c3cc(F)ccc32)CCN1c1ccc(S(=O)(=O)Nc2nccs2)cc1.[HH]. The van der Waals surface area contributed by atoms with E-state index in [1.807, 2.05) is 6.07 Å². The quantitative estimate of drug-likeness (QED) is 0.525. The number of amides is 1. The molecule has 4 heterocycles. The van der Waals surface area contributed by atoms with Crippen molar-refractivity contribution in [2.75, 3.05) is 40.7 Å². The minimum absolute atomic E-state index is 0. The summed E-state index contributed by atoms with van der Waals surface area (Å²) in [5.74, 6) is -0.264. The molecule has 3 aliphatic heterocycles. The summed E-state index contributed by atoms with van der Waals surface area (Å²) in [7, 11) is -3.76. The zero-order valence-electron chi connectivity index (χ0n) is 19.5. The molecule has 1 amide bonds. The van der Waals surface area contributed by atoms with Crippen LogP contribution in [0.5, 0.6) is 0 Å². The molecule has 0 aliphatic carbocycles. The second kappa shape index (κ2) is 8.82. The third-order valence-corrected chi connectivity index (χ3v) is 9.71. The van der Waals surface area contributed by atoms with E-state index in [1.54, 1.807) is 28.5 Å². The molecule has 2 saturated heterocycles. The van der Waals surface area contributed by atoms with Crippen LogP contribution in [0.25, 0.3) is 0 Å². The summed E-state index contributed by atoms with van der Waals surface area (Å²) in [4.78, 5) is 21.5. The van der Waals surface area contributed by atoms with Gasteiger partial charge in [-0.25, -0.2) is 17.8 Å². The summed E-state index contributed by atoms with van der Waals surface area (Å²) < 4.78 is 42.0. The van der Waals surface area contributed by atoms with E-state index in [0.717, 1.165) is 37.2 Å². The predicted molar refractivity (Wildman–Crippen MR) is 140 cm³/mol. The lowest BCUT2D eigenvalue weighted by molar-refractivity contribution is -0.118. The van der Waals surface area contributed by atoms with Crippen molar-refractivity contribution in [2.24, 2.45) is 0 Å². The number of rotatable bonds is 5. The largest absolute Gasteiger partial charge is 0.358 e. The van der Waals surface area contributed by atoms with E-state index >= 15 is 0 Å². The maximum absolute atomic E-state index is 14.2. The molecule has 2 N–H and O–H groups in total. The molecule has 0 bridgehead atoms. The standard InChI is InChI=1S/C25H26FN5O3S2.H2/c26-17-1-6-21-20(15-17)25(8-10-27-11-9-25)16-31(21)22-7-13-30(23(22)32)18-2-4-19(5-3-18)36(33,34)29-24-28-12-14-35-24;/h1-6,12,14-15,22,27H,7-11,13,16H2,(H,28,29);1H/t22-;/m0./s1. The molecule has 2 fully saturated rings. The lowest BCUT2D eigenvalue weighted by Gasteiger charge is -2.35. The molecule has 11 heteroatoms. The number of hydrogen-bond acceptors (Lipinski definition) is 7. The molecule has 1 spiro atoms. The van der Waals surface area contributed by atoms with Crippen molar-refractivity contribution in [2.45, 2.75) is 35.6 Å². The third kappa shape index (κ3) is 3.95. The van der Waals surface area contributed by atoms with Gasteiger partial charge in [0.2, 0.25) is 5.91 Å². The van der Waals surface area contributed by atoms with Crippen LogP contribution in [0.15, 0.2) is 58.9 Å². The van der Waals surface area contributed by atoms with Gasteiger partial charge in [-0.2, -0.15) is 0 Å². The molecule has 0 saturated carbocycles. The number of thiazole rings is 1. The average Bonchev–Trinajstić information content (AvgIpc) is 3.59. The van der Waals surface area contributed by atoms with Crippen LogP contribution in [0, 0.1) is 5.82 Å². The Balaban J connectivity index is 0.00000280. The van der Waals surface area contributed by atoms with E-state index < -0.39 is 10.0 Å². The summed E-state index contributed by atoms with van der Waals surface area (Å²) in [5, 5.41) is 5.39. The van der Waals surface area contributed by atoms with Crippen molar-refractivity contribution in [3.63, 3.8) is 0 Å². The van der Waals surface area contributed by atoms with Gasteiger partial charge >= 0.3 is 0 Å². The van der Waals surface area contributed by atoms with E-state index in [0.29, 0.717) is 30.3 Å². The molecule has 6 rings (SSSR count). The number of anilines is 3. The first-order valence-electron chi connectivity index (χ1n) is 12.0. The molecule has 190 valence electrons. The number of sulfonamides is 1. The number of halogens is 1. The van der Waals surface area contributed by atoms with E-state index in [9.17, 15) is 17.6 Å². The second-order valence-corrected chi connectivity index (χ2v) is 12.1. The Morgan fingerprint density at radius 3 is 2.67 bits per heavy atom. The Kier molecular flexibility index (Phi) is 5.73. The van der Waals surface area contributed by atoms with Gasteiger partial charge in [0.25, 0.3) is 10.0 Å². The van der Waals surface area contributed by atoms with Gasteiger partial charge in [0.1, 0.15) is 11.9 Å². The van der Waals surface area contributed by atoms with Gasteiger partial charge < -0.3 is 15.1 Å². The summed E-state index contributed by atoms with van der Waals surface area (Å²) in [5.41, 5.74) is 2.48. The van der Waals surface area contributed by atoms with E-state index in [4.69, 9.17) is 0 Å². The van der Waals surface area contributed by atoms with Crippen LogP contribution in [0.2, 0.25) is 0 Å². The maximum Gasteiger partial charge on any atom is 0.263 e. The van der Waals surface area contributed by atoms with Crippen LogP contribution in [0.4, 0.5) is 20.9 Å². The number of aromatic nitrogens is 1. The van der Waals surface area contributed by atoms with Crippen LogP contribution in [-0.4, -0.2) is 51.5 Å². The molecule has 1 atom stereocenters. The molecule has 36 heavy (non-hydrogen) atoms. The van der Waals surface area contributed by atoms with E-state index in [1.165, 1.54) is 35.7 Å². The highest BCUT2D eigenvalue weighted by Crippen LogP contribution is 2.48. The Morgan fingerprint density at radius 1 is 1.17 bits per heavy atom. The number of carbonyl (C=O) groups is 1. The highest BCUT2D eigenvalue weighted by molar-refractivity contribution is 7.93. The monoisotopic (exact) mass is 529 g/mol. The van der Waals surface area contributed by atoms with Gasteiger partial charge in [-0.3, -0.25) is 9.52 Å². The number of nitrogens with zero attached hydrogens (tertiary/aromatic N) is 3. The molecule has 8 nitrogen and oxygen atoms in total. The number of fused-ring (bicyclic) bond motifs is 2. The van der Waals surface area contributed by atoms with Gasteiger partial charge in [-0.1, -0.05) is 0 Å². The van der Waals surface area contributed by atoms with Crippen molar-refractivity contribution < 1.29 is 19.0 Å². The summed E-state index contributed by atoms with van der Waals surface area (Å²) in [6.45, 7) is 2.99. The van der Waals surface area contributed by atoms with Crippen molar-refractivity contribution in [3.8, 4) is 0 Å². The lowest BCUT2D eigenvalue weighted by atomic mass is 9.75. The highest BCUT2D eigenvalue weighted by atomic mass is 32.2. The smallest absolute Gasteiger partial charge is 0.263 e. The first-order chi connectivity index (χ1) is 17.4. The Morgan fingerprint density at radius 2 is 1.94 bits per heavy atom. The zero-order chi connectivity index (χ0) is 24.9. The predicted octanol–water partition coefficient (Wildman–Crippen LogP) is 3.58. The number of nitrogens with one attached hydrogen (secondary N) is 2. The summed E-state index contributed by atoms with van der Waals surface area (Å²) >= 11 is 1.20. The fourth-order valence-electron chi connectivity index (χ4n) is 5.75. The Hall–Kier alpha value is -3.02. The number of benzene rings is 2. The number of piperidine rings is 1. The fraction of sp³-hybridized carbons (Fsp3) is 0.360. The van der Waals surface area contributed by atoms with Crippen LogP contribution in [0.3, 0.4) is 0 Å². The molecule has 1 aromatic heterocycles. The average molecular weight is 530 g/mol. The van der Waals surface area contributed by atoms with Gasteiger partial charge in [-0.15, -0.1) is 11.3 Å². The minimum Gasteiger partial charge on any atom is -0.358 e. The van der Waals surface area contributed by atoms with Crippen LogP contribution < -0.4 is 19.8 Å². The Bertz CT molecular complexity index is 1400. The van der Waals surface area contributed by atoms with Crippen molar-refractivity contribution in [1.82, 2.24) is 10.3 Å². The summed E-state index contributed by atoms with van der Waals surface area (Å²) in [6, 6.07) is 10.9. The molecular formula is C25H28FN5O3S2. The van der Waals surface area contributed by atoms with Gasteiger partial charge in [0.05, 0.1) is 4.90 Å². The van der Waals surface area contributed by atoms with Crippen molar-refractivity contribution in [1.29, 1.82) is 0 Å². The fourth-order valence-corrected chi connectivity index (χ4v) is 7.54. The zero-order valence-corrected chi connectivity index (χ0v) is 21.1. The van der Waals surface area contributed by atoms with Crippen molar-refractivity contribution in [3.05, 3.63) is 65.4 Å². The molecule has 3 aliphatic rings. The molecular weight excluding hydrogens is 501 g/mol. The first-order valence-corrected chi connectivity index (χ1v) is 14.3. The van der Waals surface area contributed by atoms with Crippen molar-refractivity contribution >= 4 is 43.8 Å². The Labute approximate surface area is 214 Å². The van der Waals surface area contributed by atoms with E-state index in [2.05, 4.69) is 19.9 Å². The van der Waals surface area contributed by atoms with E-state index in [-0.39, 0.29) is 29.5 Å². The first kappa shape index (κ1) is 23.4. The highest BCUT2D eigenvalue weighted by Gasteiger charge is 2.48. The molecule has 3 aromatic rings. The molecule has 2 aromatic carbocycles. The van der Waals surface area contributed by atoms with Crippen LogP contribution >= 0.6 is 11.3 Å². The number of carbonyl (C=O) groups excluding carboxylic acids is 1. The molecule has 0 radical (unpaired) electrons. The lowest BCUT2D eigenvalue weighted by Crippen LogP contribution is -2.47. The van der Waals surface area contributed by atoms with Gasteiger partial charge in [0, 0.05) is 42.9 Å². The normalized spacial score (nSPS) is 21.2. The topological polar surface area (TPSA) is 94.6 Å². The second-order valence-electron chi connectivity index (χ2n) is 9.55. The van der Waals surface area contributed by atoms with Crippen LogP contribution in [-0.2, 0) is 20.2 Å². The third-order valence-electron chi connectivity index (χ3n) is 7.54. The maximum atomic E-state index is 14.2. The summed E-state index contributed by atoms with van der Waals surface area (Å²) in [6.07, 6.45) is 4.00. The van der Waals surface area contributed by atoms with Gasteiger partial charge in [0.15, 0.2) is 5.13 Å².